The lowest BCUT2D eigenvalue weighted by molar-refractivity contribution is -0.118. The molecule has 9 heteroatoms. The highest BCUT2D eigenvalue weighted by molar-refractivity contribution is 7.15. The summed E-state index contributed by atoms with van der Waals surface area (Å²) >= 11 is 1.43. The summed E-state index contributed by atoms with van der Waals surface area (Å²) in [4.78, 5) is 17.5. The van der Waals surface area contributed by atoms with Gasteiger partial charge in [-0.05, 0) is 36.3 Å². The highest BCUT2D eigenvalue weighted by Gasteiger charge is 2.18. The Labute approximate surface area is 151 Å². The predicted octanol–water partition coefficient (Wildman–Crippen LogP) is 3.52. The van der Waals surface area contributed by atoms with Crippen LogP contribution in [0.5, 0.6) is 5.88 Å². The Morgan fingerprint density at radius 1 is 1.38 bits per heavy atom. The fourth-order valence-electron chi connectivity index (χ4n) is 2.43. The number of carbonyl (C=O) groups excluding carboxylic acids is 1. The molecule has 0 bridgehead atoms. The predicted molar refractivity (Wildman–Crippen MR) is 93.8 cm³/mol. The summed E-state index contributed by atoms with van der Waals surface area (Å²) in [6.07, 6.45) is 1.80. The zero-order valence-electron chi connectivity index (χ0n) is 13.6. The number of amides is 1. The fraction of sp³-hybridized carbons (Fsp3) is 0.118. The first kappa shape index (κ1) is 16.3. The van der Waals surface area contributed by atoms with Gasteiger partial charge in [0.2, 0.25) is 0 Å². The SMILES string of the molecule is Cc1cc(OCC(=O)Nc2c(-c3ccc(F)cc3)nc3sccn23)no1. The van der Waals surface area contributed by atoms with E-state index in [1.54, 1.807) is 35.7 Å². The molecule has 0 radical (unpaired) electrons. The average molecular weight is 372 g/mol. The van der Waals surface area contributed by atoms with Gasteiger partial charge >= 0.3 is 0 Å². The Hall–Kier alpha value is -3.20. The van der Waals surface area contributed by atoms with Crippen molar-refractivity contribution in [2.24, 2.45) is 0 Å². The van der Waals surface area contributed by atoms with Crippen molar-refractivity contribution in [1.29, 1.82) is 0 Å². The number of nitrogens with zero attached hydrogens (tertiary/aromatic N) is 3. The van der Waals surface area contributed by atoms with Crippen LogP contribution in [0, 0.1) is 12.7 Å². The van der Waals surface area contributed by atoms with Crippen LogP contribution in [-0.2, 0) is 4.79 Å². The van der Waals surface area contributed by atoms with Crippen molar-refractivity contribution in [3.8, 4) is 17.1 Å². The van der Waals surface area contributed by atoms with Gasteiger partial charge in [0.05, 0.1) is 0 Å². The summed E-state index contributed by atoms with van der Waals surface area (Å²) in [5.74, 6) is 0.622. The van der Waals surface area contributed by atoms with Crippen LogP contribution in [0.4, 0.5) is 10.2 Å². The highest BCUT2D eigenvalue weighted by atomic mass is 32.1. The lowest BCUT2D eigenvalue weighted by atomic mass is 10.1. The largest absolute Gasteiger partial charge is 0.465 e. The molecular weight excluding hydrogens is 359 g/mol. The Morgan fingerprint density at radius 3 is 2.92 bits per heavy atom. The average Bonchev–Trinajstić information content (AvgIpc) is 3.32. The van der Waals surface area contributed by atoms with Gasteiger partial charge < -0.3 is 14.6 Å². The molecule has 1 N–H and O–H groups in total. The van der Waals surface area contributed by atoms with Crippen LogP contribution in [0.2, 0.25) is 0 Å². The number of rotatable bonds is 5. The second-order valence-corrected chi connectivity index (χ2v) is 6.36. The number of ether oxygens (including phenoxy) is 1. The molecule has 0 aliphatic heterocycles. The summed E-state index contributed by atoms with van der Waals surface area (Å²) in [6.45, 7) is 1.50. The monoisotopic (exact) mass is 372 g/mol. The van der Waals surface area contributed by atoms with E-state index in [1.807, 2.05) is 5.38 Å². The molecule has 3 aromatic heterocycles. The highest BCUT2D eigenvalue weighted by Crippen LogP contribution is 2.30. The zero-order chi connectivity index (χ0) is 18.1. The number of benzene rings is 1. The van der Waals surface area contributed by atoms with Crippen molar-refractivity contribution < 1.29 is 18.4 Å². The lowest BCUT2D eigenvalue weighted by Crippen LogP contribution is -2.21. The van der Waals surface area contributed by atoms with Crippen molar-refractivity contribution in [3.05, 3.63) is 53.5 Å². The number of fused-ring (bicyclic) bond motifs is 1. The number of halogens is 1. The van der Waals surface area contributed by atoms with Gasteiger partial charge in [-0.1, -0.05) is 0 Å². The van der Waals surface area contributed by atoms with E-state index >= 15 is 0 Å². The third-order valence-electron chi connectivity index (χ3n) is 3.60. The number of imidazole rings is 1. The molecule has 7 nitrogen and oxygen atoms in total. The molecule has 4 aromatic rings. The van der Waals surface area contributed by atoms with Gasteiger partial charge in [-0.15, -0.1) is 11.3 Å². The van der Waals surface area contributed by atoms with Crippen molar-refractivity contribution in [1.82, 2.24) is 14.5 Å². The van der Waals surface area contributed by atoms with E-state index in [0.717, 1.165) is 0 Å². The molecule has 0 atom stereocenters. The van der Waals surface area contributed by atoms with E-state index in [0.29, 0.717) is 27.8 Å². The van der Waals surface area contributed by atoms with Gasteiger partial charge in [0.1, 0.15) is 23.1 Å². The van der Waals surface area contributed by atoms with E-state index in [9.17, 15) is 9.18 Å². The maximum atomic E-state index is 13.2. The van der Waals surface area contributed by atoms with Crippen LogP contribution in [0.15, 0.2) is 46.4 Å². The van der Waals surface area contributed by atoms with E-state index in [2.05, 4.69) is 15.5 Å². The van der Waals surface area contributed by atoms with Crippen molar-refractivity contribution in [3.63, 3.8) is 0 Å². The number of carbonyl (C=O) groups is 1. The molecule has 0 aliphatic carbocycles. The number of aromatic nitrogens is 3. The quantitative estimate of drug-likeness (QED) is 0.580. The Balaban J connectivity index is 1.58. The minimum absolute atomic E-state index is 0.230. The minimum atomic E-state index is -0.373. The van der Waals surface area contributed by atoms with E-state index in [4.69, 9.17) is 9.26 Å². The first-order valence-electron chi connectivity index (χ1n) is 7.67. The van der Waals surface area contributed by atoms with Crippen LogP contribution < -0.4 is 10.1 Å². The van der Waals surface area contributed by atoms with Crippen LogP contribution in [-0.4, -0.2) is 27.1 Å². The standard InChI is InChI=1S/C17H13FN4O3S/c1-10-8-14(21-25-10)24-9-13(23)19-16-15(11-2-4-12(18)5-3-11)20-17-22(16)6-7-26-17/h2-8H,9H2,1H3,(H,19,23). The maximum absolute atomic E-state index is 13.2. The molecule has 4 rings (SSSR count). The van der Waals surface area contributed by atoms with Crippen LogP contribution in [0.3, 0.4) is 0 Å². The number of aryl methyl sites for hydroxylation is 1. The van der Waals surface area contributed by atoms with Gasteiger partial charge in [0.15, 0.2) is 11.6 Å². The second kappa shape index (κ2) is 6.60. The van der Waals surface area contributed by atoms with Crippen molar-refractivity contribution >= 4 is 28.0 Å². The molecule has 26 heavy (non-hydrogen) atoms. The van der Waals surface area contributed by atoms with Crippen LogP contribution >= 0.6 is 11.3 Å². The smallest absolute Gasteiger partial charge is 0.263 e. The molecule has 3 heterocycles. The first-order chi connectivity index (χ1) is 12.6. The summed E-state index contributed by atoms with van der Waals surface area (Å²) in [7, 11) is 0. The lowest BCUT2D eigenvalue weighted by Gasteiger charge is -2.07. The number of nitrogens with one attached hydrogen (secondary N) is 1. The molecule has 132 valence electrons. The minimum Gasteiger partial charge on any atom is -0.465 e. The Kier molecular flexibility index (Phi) is 4.13. The zero-order valence-corrected chi connectivity index (χ0v) is 14.4. The molecule has 1 amide bonds. The summed E-state index contributed by atoms with van der Waals surface area (Å²) in [5.41, 5.74) is 1.26. The molecule has 0 saturated heterocycles. The number of anilines is 1. The molecule has 0 saturated carbocycles. The molecule has 0 spiro atoms. The third kappa shape index (κ3) is 3.16. The van der Waals surface area contributed by atoms with E-state index in [1.165, 1.54) is 23.5 Å². The molecular formula is C17H13FN4O3S. The van der Waals surface area contributed by atoms with Crippen molar-refractivity contribution in [2.75, 3.05) is 11.9 Å². The number of thiazole rings is 1. The second-order valence-electron chi connectivity index (χ2n) is 5.48. The molecule has 0 unspecified atom stereocenters. The summed E-state index contributed by atoms with van der Waals surface area (Å²) < 4.78 is 25.1. The first-order valence-corrected chi connectivity index (χ1v) is 8.55. The summed E-state index contributed by atoms with van der Waals surface area (Å²) in [5, 5.41) is 8.33. The fourth-order valence-corrected chi connectivity index (χ4v) is 3.15. The molecule has 0 aliphatic rings. The van der Waals surface area contributed by atoms with Gasteiger partial charge in [-0.3, -0.25) is 9.20 Å². The van der Waals surface area contributed by atoms with E-state index < -0.39 is 0 Å². The van der Waals surface area contributed by atoms with E-state index in [-0.39, 0.29) is 24.2 Å². The Bertz CT molecular complexity index is 1070. The van der Waals surface area contributed by atoms with Crippen LogP contribution in [0.25, 0.3) is 16.2 Å². The Morgan fingerprint density at radius 2 is 2.19 bits per heavy atom. The van der Waals surface area contributed by atoms with Gasteiger partial charge in [0, 0.05) is 23.2 Å². The summed E-state index contributed by atoms with van der Waals surface area (Å²) in [6, 6.07) is 7.53. The van der Waals surface area contributed by atoms with Crippen LogP contribution in [0.1, 0.15) is 5.76 Å². The normalized spacial score (nSPS) is 11.0. The number of hydrogen-bond acceptors (Lipinski definition) is 6. The molecule has 1 aromatic carbocycles. The van der Waals surface area contributed by atoms with Gasteiger partial charge in [0.25, 0.3) is 11.8 Å². The third-order valence-corrected chi connectivity index (χ3v) is 4.35. The van der Waals surface area contributed by atoms with Crippen molar-refractivity contribution in [2.45, 2.75) is 6.92 Å². The van der Waals surface area contributed by atoms with Gasteiger partial charge in [-0.2, -0.15) is 0 Å². The number of hydrogen-bond donors (Lipinski definition) is 1. The van der Waals surface area contributed by atoms with Gasteiger partial charge in [-0.25, -0.2) is 9.37 Å². The topological polar surface area (TPSA) is 81.7 Å². The molecule has 0 fully saturated rings. The maximum Gasteiger partial charge on any atom is 0.263 e.